The topological polar surface area (TPSA) is 95.9 Å². The Morgan fingerprint density at radius 3 is 1.20 bits per heavy atom. The molecular weight excluding hydrogens is 815 g/mol. The highest BCUT2D eigenvalue weighted by Gasteiger charge is 2.20. The van der Waals surface area contributed by atoms with Crippen LogP contribution >= 0.6 is 0 Å². The van der Waals surface area contributed by atoms with Crippen LogP contribution in [0, 0.1) is 0 Å². The summed E-state index contributed by atoms with van der Waals surface area (Å²) in [6.07, 6.45) is 67.7. The van der Waals surface area contributed by atoms with Crippen molar-refractivity contribution in [2.45, 2.75) is 334 Å². The van der Waals surface area contributed by atoms with Gasteiger partial charge in [0.05, 0.1) is 25.4 Å². The number of nitrogens with one attached hydrogen (secondary N) is 1. The van der Waals surface area contributed by atoms with Crippen LogP contribution in [-0.4, -0.2) is 47.4 Å². The van der Waals surface area contributed by atoms with Crippen LogP contribution in [0.3, 0.4) is 0 Å². The Kier molecular flexibility index (Phi) is 54.5. The highest BCUT2D eigenvalue weighted by Crippen LogP contribution is 2.18. The second-order valence-corrected chi connectivity index (χ2v) is 20.3. The molecule has 1 amide bonds. The largest absolute Gasteiger partial charge is 0.466 e. The fourth-order valence-electron chi connectivity index (χ4n) is 9.19. The van der Waals surface area contributed by atoms with Gasteiger partial charge < -0.3 is 20.3 Å². The standard InChI is InChI=1S/C60H115NO5/c1-3-5-7-9-11-13-14-15-31-34-38-42-46-50-54-60(65)66-55-51-47-43-39-35-32-29-27-25-23-21-19-17-16-18-20-22-24-26-28-30-33-37-41-45-49-53-59(64)61-57(56-62)58(63)52-48-44-40-36-12-10-8-6-4-2/h9,11,14-15,57-58,62-63H,3-8,10,12-13,16-56H2,1-2H3,(H,61,64)/b11-9-,15-14-. The number of amides is 1. The Hall–Kier alpha value is -1.66. The van der Waals surface area contributed by atoms with E-state index in [-0.39, 0.29) is 18.5 Å². The summed E-state index contributed by atoms with van der Waals surface area (Å²) in [5, 5.41) is 23.1. The molecule has 0 aliphatic carbocycles. The average molecular weight is 931 g/mol. The minimum absolute atomic E-state index is 0.00255. The minimum atomic E-state index is -0.660. The molecule has 6 heteroatoms. The maximum atomic E-state index is 12.4. The third-order valence-electron chi connectivity index (χ3n) is 13.8. The van der Waals surface area contributed by atoms with Crippen LogP contribution in [0.1, 0.15) is 322 Å². The van der Waals surface area contributed by atoms with Gasteiger partial charge in [0.2, 0.25) is 5.91 Å². The van der Waals surface area contributed by atoms with E-state index in [4.69, 9.17) is 4.74 Å². The van der Waals surface area contributed by atoms with Crippen molar-refractivity contribution >= 4 is 11.9 Å². The number of aliphatic hydroxyl groups is 2. The maximum Gasteiger partial charge on any atom is 0.305 e. The number of carbonyl (C=O) groups is 2. The fourth-order valence-corrected chi connectivity index (χ4v) is 9.19. The molecule has 0 aliphatic rings. The molecular formula is C60H115NO5. The van der Waals surface area contributed by atoms with Crippen molar-refractivity contribution in [3.05, 3.63) is 24.3 Å². The van der Waals surface area contributed by atoms with E-state index in [2.05, 4.69) is 43.5 Å². The molecule has 0 aromatic heterocycles. The normalized spacial score (nSPS) is 12.7. The lowest BCUT2D eigenvalue weighted by molar-refractivity contribution is -0.143. The first kappa shape index (κ1) is 64.3. The van der Waals surface area contributed by atoms with E-state index >= 15 is 0 Å². The molecule has 0 aromatic rings. The van der Waals surface area contributed by atoms with Gasteiger partial charge in [0, 0.05) is 12.8 Å². The third kappa shape index (κ3) is 51.7. The predicted molar refractivity (Wildman–Crippen MR) is 287 cm³/mol. The first-order valence-corrected chi connectivity index (χ1v) is 29.6. The second-order valence-electron chi connectivity index (χ2n) is 20.3. The number of unbranched alkanes of at least 4 members (excludes halogenated alkanes) is 40. The van der Waals surface area contributed by atoms with Gasteiger partial charge in [-0.3, -0.25) is 9.59 Å². The van der Waals surface area contributed by atoms with Crippen LogP contribution < -0.4 is 5.32 Å². The molecule has 2 atom stereocenters. The summed E-state index contributed by atoms with van der Waals surface area (Å²) in [6, 6.07) is -0.537. The summed E-state index contributed by atoms with van der Waals surface area (Å²) in [7, 11) is 0. The fraction of sp³-hybridized carbons (Fsp3) is 0.900. The molecule has 390 valence electrons. The summed E-state index contributed by atoms with van der Waals surface area (Å²) in [4.78, 5) is 24.4. The first-order valence-electron chi connectivity index (χ1n) is 29.6. The Labute approximate surface area is 411 Å². The Morgan fingerprint density at radius 1 is 0.424 bits per heavy atom. The molecule has 0 bridgehead atoms. The molecule has 66 heavy (non-hydrogen) atoms. The van der Waals surface area contributed by atoms with Crippen molar-refractivity contribution < 1.29 is 24.5 Å². The minimum Gasteiger partial charge on any atom is -0.466 e. The first-order chi connectivity index (χ1) is 32.5. The molecule has 0 spiro atoms. The lowest BCUT2D eigenvalue weighted by Gasteiger charge is -2.22. The quantitative estimate of drug-likeness (QED) is 0.0321. The van der Waals surface area contributed by atoms with E-state index in [9.17, 15) is 19.8 Å². The lowest BCUT2D eigenvalue weighted by Crippen LogP contribution is -2.45. The van der Waals surface area contributed by atoms with Crippen molar-refractivity contribution in [3.8, 4) is 0 Å². The van der Waals surface area contributed by atoms with Crippen molar-refractivity contribution in [2.75, 3.05) is 13.2 Å². The predicted octanol–water partition coefficient (Wildman–Crippen LogP) is 18.2. The number of hydrogen-bond acceptors (Lipinski definition) is 5. The summed E-state index contributed by atoms with van der Waals surface area (Å²) >= 11 is 0. The maximum absolute atomic E-state index is 12.4. The summed E-state index contributed by atoms with van der Waals surface area (Å²) < 4.78 is 5.47. The summed E-state index contributed by atoms with van der Waals surface area (Å²) in [6.45, 7) is 4.90. The molecule has 0 heterocycles. The van der Waals surface area contributed by atoms with Gasteiger partial charge >= 0.3 is 5.97 Å². The number of allylic oxidation sites excluding steroid dienone is 4. The van der Waals surface area contributed by atoms with Gasteiger partial charge in [-0.15, -0.1) is 0 Å². The number of rotatable bonds is 55. The van der Waals surface area contributed by atoms with E-state index in [0.717, 1.165) is 51.4 Å². The van der Waals surface area contributed by atoms with Gasteiger partial charge in [-0.25, -0.2) is 0 Å². The van der Waals surface area contributed by atoms with Crippen LogP contribution in [0.5, 0.6) is 0 Å². The average Bonchev–Trinajstić information content (AvgIpc) is 3.32. The molecule has 0 aliphatic heterocycles. The van der Waals surface area contributed by atoms with Gasteiger partial charge in [0.1, 0.15) is 0 Å². The number of ether oxygens (including phenoxy) is 1. The van der Waals surface area contributed by atoms with Gasteiger partial charge in [-0.2, -0.15) is 0 Å². The Bertz CT molecular complexity index is 1030. The van der Waals surface area contributed by atoms with E-state index in [1.165, 1.54) is 238 Å². The van der Waals surface area contributed by atoms with Crippen molar-refractivity contribution in [1.82, 2.24) is 5.32 Å². The number of carbonyl (C=O) groups excluding carboxylic acids is 2. The SMILES string of the molecule is CCCC/C=C\C/C=C\CCCCCCCC(=O)OCCCCCCCCCCCCCCCCCCCCCCCCCCCCC(=O)NC(CO)C(O)CCCCCCCCCCC. The zero-order chi connectivity index (χ0) is 47.9. The van der Waals surface area contributed by atoms with Crippen LogP contribution in [0.2, 0.25) is 0 Å². The molecule has 0 aromatic carbocycles. The Balaban J connectivity index is 3.32. The lowest BCUT2D eigenvalue weighted by atomic mass is 10.0. The van der Waals surface area contributed by atoms with Crippen LogP contribution in [-0.2, 0) is 14.3 Å². The van der Waals surface area contributed by atoms with Gasteiger partial charge in [-0.05, 0) is 51.4 Å². The summed E-state index contributed by atoms with van der Waals surface area (Å²) in [5.41, 5.74) is 0. The highest BCUT2D eigenvalue weighted by molar-refractivity contribution is 5.76. The molecule has 0 saturated heterocycles. The van der Waals surface area contributed by atoms with Gasteiger partial charge in [0.15, 0.2) is 0 Å². The van der Waals surface area contributed by atoms with Gasteiger partial charge in [-0.1, -0.05) is 282 Å². The molecule has 2 unspecified atom stereocenters. The zero-order valence-corrected chi connectivity index (χ0v) is 44.4. The Morgan fingerprint density at radius 2 is 0.773 bits per heavy atom. The number of hydrogen-bond donors (Lipinski definition) is 3. The molecule has 6 nitrogen and oxygen atoms in total. The monoisotopic (exact) mass is 930 g/mol. The van der Waals surface area contributed by atoms with Gasteiger partial charge in [0.25, 0.3) is 0 Å². The molecule has 0 rings (SSSR count). The zero-order valence-electron chi connectivity index (χ0n) is 44.4. The molecule has 0 fully saturated rings. The van der Waals surface area contributed by atoms with Crippen molar-refractivity contribution in [1.29, 1.82) is 0 Å². The molecule has 3 N–H and O–H groups in total. The van der Waals surface area contributed by atoms with E-state index in [1.54, 1.807) is 0 Å². The van der Waals surface area contributed by atoms with Crippen molar-refractivity contribution in [3.63, 3.8) is 0 Å². The van der Waals surface area contributed by atoms with Crippen LogP contribution in [0.15, 0.2) is 24.3 Å². The van der Waals surface area contributed by atoms with E-state index in [0.29, 0.717) is 25.9 Å². The van der Waals surface area contributed by atoms with E-state index in [1.807, 2.05) is 0 Å². The van der Waals surface area contributed by atoms with Crippen molar-refractivity contribution in [2.24, 2.45) is 0 Å². The van der Waals surface area contributed by atoms with Crippen LogP contribution in [0.25, 0.3) is 0 Å². The third-order valence-corrected chi connectivity index (χ3v) is 13.8. The number of esters is 1. The molecule has 0 radical (unpaired) electrons. The van der Waals surface area contributed by atoms with E-state index < -0.39 is 12.1 Å². The molecule has 0 saturated carbocycles. The smallest absolute Gasteiger partial charge is 0.305 e. The second kappa shape index (κ2) is 55.9. The number of aliphatic hydroxyl groups excluding tert-OH is 2. The highest BCUT2D eigenvalue weighted by atomic mass is 16.5. The van der Waals surface area contributed by atoms with Crippen LogP contribution in [0.4, 0.5) is 0 Å². The summed E-state index contributed by atoms with van der Waals surface area (Å²) in [5.74, 6) is -0.0320.